The Morgan fingerprint density at radius 3 is 2.77 bits per heavy atom. The topological polar surface area (TPSA) is 66.5 Å². The van der Waals surface area contributed by atoms with E-state index in [0.717, 1.165) is 0 Å². The van der Waals surface area contributed by atoms with Crippen LogP contribution >= 0.6 is 12.6 Å². The second-order valence-corrected chi connectivity index (χ2v) is 3.03. The highest BCUT2D eigenvalue weighted by atomic mass is 32.1. The molecule has 0 aliphatic carbocycles. The van der Waals surface area contributed by atoms with Gasteiger partial charge < -0.3 is 14.5 Å². The molecule has 0 aliphatic heterocycles. The van der Waals surface area contributed by atoms with Gasteiger partial charge in [0.1, 0.15) is 5.52 Å². The summed E-state index contributed by atoms with van der Waals surface area (Å²) in [7, 11) is -1.68. The molecule has 13 heavy (non-hydrogen) atoms. The average Bonchev–Trinajstić information content (AvgIpc) is 2.49. The number of thiol groups is 1. The minimum atomic E-state index is -1.68. The van der Waals surface area contributed by atoms with Crippen molar-refractivity contribution in [1.29, 1.82) is 0 Å². The summed E-state index contributed by atoms with van der Waals surface area (Å²) in [6, 6.07) is 5.19. The molecule has 1 aromatic heterocycles. The number of rotatable bonds is 1. The lowest BCUT2D eigenvalue weighted by molar-refractivity contribution is 0.409. The van der Waals surface area contributed by atoms with Crippen LogP contribution in [0.25, 0.3) is 11.1 Å². The molecule has 0 radical (unpaired) electrons. The first-order valence-electron chi connectivity index (χ1n) is 3.63. The number of oxazole rings is 1. The highest BCUT2D eigenvalue weighted by Gasteiger charge is 2.19. The van der Waals surface area contributed by atoms with Crippen molar-refractivity contribution in [2.45, 2.75) is 4.90 Å². The summed E-state index contributed by atoms with van der Waals surface area (Å²) in [5.74, 6) is -0.114. The Balaban J connectivity index is 2.68. The molecule has 0 atom stereocenters. The molecule has 0 bridgehead atoms. The van der Waals surface area contributed by atoms with Crippen LogP contribution in [0.2, 0.25) is 0 Å². The summed E-state index contributed by atoms with van der Waals surface area (Å²) in [4.78, 5) is 4.52. The predicted octanol–water partition coefficient (Wildman–Crippen LogP) is -0.204. The highest BCUT2D eigenvalue weighted by molar-refractivity contribution is 7.80. The molecule has 2 rings (SSSR count). The predicted molar refractivity (Wildman–Crippen MR) is 51.1 cm³/mol. The van der Waals surface area contributed by atoms with Crippen LogP contribution in [0.3, 0.4) is 0 Å². The molecule has 0 saturated heterocycles. The third-order valence-electron chi connectivity index (χ3n) is 1.64. The van der Waals surface area contributed by atoms with Gasteiger partial charge in [-0.3, -0.25) is 0 Å². The minimum absolute atomic E-state index is 0.114. The summed E-state index contributed by atoms with van der Waals surface area (Å²) >= 11 is 4.15. The van der Waals surface area contributed by atoms with Gasteiger partial charge in [0.2, 0.25) is 5.79 Å². The first kappa shape index (κ1) is 8.62. The molecule has 66 valence electrons. The molecule has 1 heterocycles. The van der Waals surface area contributed by atoms with Gasteiger partial charge in [-0.05, 0) is 12.1 Å². The van der Waals surface area contributed by atoms with Crippen molar-refractivity contribution in [2.75, 3.05) is 0 Å². The van der Waals surface area contributed by atoms with E-state index >= 15 is 0 Å². The smallest absolute Gasteiger partial charge is 0.444 e. The second kappa shape index (κ2) is 3.06. The van der Waals surface area contributed by atoms with Crippen LogP contribution < -0.4 is 5.79 Å². The van der Waals surface area contributed by atoms with Crippen molar-refractivity contribution in [3.8, 4) is 0 Å². The van der Waals surface area contributed by atoms with Gasteiger partial charge in [0.05, 0.1) is 0 Å². The van der Waals surface area contributed by atoms with Gasteiger partial charge in [-0.2, -0.15) is 0 Å². The molecule has 0 fully saturated rings. The van der Waals surface area contributed by atoms with Crippen LogP contribution in [0.15, 0.2) is 27.5 Å². The van der Waals surface area contributed by atoms with Crippen LogP contribution in [-0.4, -0.2) is 22.2 Å². The lowest BCUT2D eigenvalue weighted by atomic mass is 9.93. The SMILES string of the molecule is OB(O)c1nc2c(S)cccc2o1. The summed E-state index contributed by atoms with van der Waals surface area (Å²) in [6.07, 6.45) is 0. The molecule has 2 aromatic rings. The van der Waals surface area contributed by atoms with E-state index in [4.69, 9.17) is 14.5 Å². The standard InChI is InChI=1S/C7H6BNO3S/c10-8(11)7-9-6-4(12-7)2-1-3-5(6)13/h1-3,10-11,13H. The van der Waals surface area contributed by atoms with Crippen molar-refractivity contribution < 1.29 is 14.5 Å². The summed E-state index contributed by atoms with van der Waals surface area (Å²) in [5.41, 5.74) is 1.03. The Kier molecular flexibility index (Phi) is 2.03. The number of nitrogens with zero attached hydrogens (tertiary/aromatic N) is 1. The first-order chi connectivity index (χ1) is 6.18. The van der Waals surface area contributed by atoms with Gasteiger partial charge in [-0.1, -0.05) is 6.07 Å². The number of aromatic nitrogens is 1. The van der Waals surface area contributed by atoms with Crippen molar-refractivity contribution in [1.82, 2.24) is 4.98 Å². The molecule has 1 aromatic carbocycles. The van der Waals surface area contributed by atoms with Gasteiger partial charge in [-0.25, -0.2) is 4.98 Å². The zero-order chi connectivity index (χ0) is 9.42. The lowest BCUT2D eigenvalue weighted by Gasteiger charge is -1.87. The fraction of sp³-hybridized carbons (Fsp3) is 0. The Morgan fingerprint density at radius 2 is 2.15 bits per heavy atom. The average molecular weight is 195 g/mol. The van der Waals surface area contributed by atoms with Gasteiger partial charge in [0.25, 0.3) is 0 Å². The number of fused-ring (bicyclic) bond motifs is 1. The lowest BCUT2D eigenvalue weighted by Crippen LogP contribution is -2.30. The zero-order valence-electron chi connectivity index (χ0n) is 6.51. The first-order valence-corrected chi connectivity index (χ1v) is 4.08. The number of hydrogen-bond donors (Lipinski definition) is 3. The monoisotopic (exact) mass is 195 g/mol. The van der Waals surface area contributed by atoms with E-state index in [1.807, 2.05) is 0 Å². The Morgan fingerprint density at radius 1 is 1.38 bits per heavy atom. The van der Waals surface area contributed by atoms with E-state index < -0.39 is 7.12 Å². The Bertz CT molecular complexity index is 442. The van der Waals surface area contributed by atoms with Crippen LogP contribution in [0.1, 0.15) is 0 Å². The van der Waals surface area contributed by atoms with Gasteiger partial charge >= 0.3 is 7.12 Å². The molecule has 4 nitrogen and oxygen atoms in total. The quantitative estimate of drug-likeness (QED) is 0.435. The summed E-state index contributed by atoms with van der Waals surface area (Å²) in [5, 5.41) is 17.6. The van der Waals surface area contributed by atoms with Crippen LogP contribution in [0.4, 0.5) is 0 Å². The molecular weight excluding hydrogens is 189 g/mol. The molecule has 0 spiro atoms. The van der Waals surface area contributed by atoms with E-state index in [1.165, 1.54) is 0 Å². The van der Waals surface area contributed by atoms with Crippen LogP contribution in [0.5, 0.6) is 0 Å². The highest BCUT2D eigenvalue weighted by Crippen LogP contribution is 2.18. The Labute approximate surface area is 79.8 Å². The molecule has 6 heteroatoms. The van der Waals surface area contributed by atoms with E-state index in [-0.39, 0.29) is 5.79 Å². The summed E-state index contributed by atoms with van der Waals surface area (Å²) in [6.45, 7) is 0. The molecule has 0 unspecified atom stereocenters. The van der Waals surface area contributed by atoms with Gasteiger partial charge in [-0.15, -0.1) is 12.6 Å². The maximum Gasteiger partial charge on any atom is 0.548 e. The fourth-order valence-corrected chi connectivity index (χ4v) is 1.31. The van der Waals surface area contributed by atoms with Crippen molar-refractivity contribution in [3.63, 3.8) is 0 Å². The molecular formula is C7H6BNO3S. The normalized spacial score (nSPS) is 10.7. The number of para-hydroxylation sites is 1. The fourth-order valence-electron chi connectivity index (χ4n) is 1.06. The van der Waals surface area contributed by atoms with Gasteiger partial charge in [0, 0.05) is 4.90 Å². The van der Waals surface area contributed by atoms with E-state index in [9.17, 15) is 0 Å². The van der Waals surface area contributed by atoms with Crippen molar-refractivity contribution >= 4 is 36.6 Å². The van der Waals surface area contributed by atoms with E-state index in [1.54, 1.807) is 18.2 Å². The van der Waals surface area contributed by atoms with Crippen molar-refractivity contribution in [2.24, 2.45) is 0 Å². The zero-order valence-corrected chi connectivity index (χ0v) is 7.40. The van der Waals surface area contributed by atoms with Crippen molar-refractivity contribution in [3.05, 3.63) is 18.2 Å². The third kappa shape index (κ3) is 1.43. The minimum Gasteiger partial charge on any atom is -0.444 e. The molecule has 0 saturated carbocycles. The maximum absolute atomic E-state index is 8.79. The van der Waals surface area contributed by atoms with E-state index in [2.05, 4.69) is 17.6 Å². The van der Waals surface area contributed by atoms with Crippen LogP contribution in [0, 0.1) is 0 Å². The third-order valence-corrected chi connectivity index (χ3v) is 2.00. The number of benzene rings is 1. The molecule has 0 aliphatic rings. The Hall–Kier alpha value is -0.975. The second-order valence-electron chi connectivity index (χ2n) is 2.55. The molecule has 0 amide bonds. The summed E-state index contributed by atoms with van der Waals surface area (Å²) < 4.78 is 5.05. The maximum atomic E-state index is 8.79. The van der Waals surface area contributed by atoms with E-state index in [0.29, 0.717) is 16.0 Å². The molecule has 2 N–H and O–H groups in total. The largest absolute Gasteiger partial charge is 0.548 e. The number of hydrogen-bond acceptors (Lipinski definition) is 5. The van der Waals surface area contributed by atoms with Crippen LogP contribution in [-0.2, 0) is 0 Å². The van der Waals surface area contributed by atoms with Gasteiger partial charge in [0.15, 0.2) is 5.58 Å².